The van der Waals surface area contributed by atoms with E-state index in [1.54, 1.807) is 18.3 Å². The van der Waals surface area contributed by atoms with Gasteiger partial charge in [0.05, 0.1) is 16.3 Å². The van der Waals surface area contributed by atoms with Crippen LogP contribution in [0.25, 0.3) is 11.1 Å². The van der Waals surface area contributed by atoms with Crippen molar-refractivity contribution in [3.63, 3.8) is 0 Å². The van der Waals surface area contributed by atoms with Crippen molar-refractivity contribution >= 4 is 9.84 Å². The summed E-state index contributed by atoms with van der Waals surface area (Å²) in [6, 6.07) is 11.2. The highest BCUT2D eigenvalue weighted by molar-refractivity contribution is 7.91. The van der Waals surface area contributed by atoms with Gasteiger partial charge < -0.3 is 0 Å². The molecule has 0 atom stereocenters. The second-order valence-corrected chi connectivity index (χ2v) is 8.38. The summed E-state index contributed by atoms with van der Waals surface area (Å²) in [5.41, 5.74) is 2.94. The fraction of sp³-hybridized carbons (Fsp3) is 0.389. The van der Waals surface area contributed by atoms with Gasteiger partial charge in [0.2, 0.25) is 0 Å². The van der Waals surface area contributed by atoms with Gasteiger partial charge in [-0.15, -0.1) is 0 Å². The zero-order valence-corrected chi connectivity index (χ0v) is 13.8. The monoisotopic (exact) mass is 315 g/mol. The lowest BCUT2D eigenvalue weighted by atomic mass is 9.98. The largest absolute Gasteiger partial charge is 0.260 e. The van der Waals surface area contributed by atoms with Crippen molar-refractivity contribution in [1.29, 1.82) is 0 Å². The van der Waals surface area contributed by atoms with Crippen molar-refractivity contribution < 1.29 is 8.42 Å². The first-order chi connectivity index (χ1) is 10.5. The Balaban J connectivity index is 2.01. The van der Waals surface area contributed by atoms with E-state index in [-0.39, 0.29) is 5.75 Å². The molecule has 4 heteroatoms. The van der Waals surface area contributed by atoms with E-state index >= 15 is 0 Å². The van der Waals surface area contributed by atoms with Crippen molar-refractivity contribution in [3.8, 4) is 11.1 Å². The smallest absolute Gasteiger partial charge is 0.178 e. The van der Waals surface area contributed by atoms with Crippen molar-refractivity contribution in [2.45, 2.75) is 37.5 Å². The highest BCUT2D eigenvalue weighted by atomic mass is 32.2. The fourth-order valence-corrected chi connectivity index (χ4v) is 4.41. The summed E-state index contributed by atoms with van der Waals surface area (Å²) in [6.45, 7) is 4.19. The van der Waals surface area contributed by atoms with Gasteiger partial charge in [-0.25, -0.2) is 8.42 Å². The summed E-state index contributed by atoms with van der Waals surface area (Å²) in [7, 11) is -3.18. The second kappa shape index (κ2) is 5.84. The second-order valence-electron chi connectivity index (χ2n) is 6.34. The maximum atomic E-state index is 12.5. The molecular formula is C18H21NO2S. The SMILES string of the molecule is CC(C)c1ncccc1-c1cccc(S(=O)(=O)CC2CC2)c1. The lowest BCUT2D eigenvalue weighted by molar-refractivity contribution is 0.592. The summed E-state index contributed by atoms with van der Waals surface area (Å²) in [4.78, 5) is 4.88. The quantitative estimate of drug-likeness (QED) is 0.836. The molecule has 0 amide bonds. The van der Waals surface area contributed by atoms with Gasteiger partial charge in [0.25, 0.3) is 0 Å². The maximum absolute atomic E-state index is 12.5. The molecule has 1 aliphatic carbocycles. The van der Waals surface area contributed by atoms with E-state index in [1.807, 2.05) is 24.3 Å². The molecule has 22 heavy (non-hydrogen) atoms. The van der Waals surface area contributed by atoms with E-state index in [4.69, 9.17) is 0 Å². The molecule has 0 saturated heterocycles. The summed E-state index contributed by atoms with van der Waals surface area (Å²) >= 11 is 0. The van der Waals surface area contributed by atoms with Crippen LogP contribution in [-0.2, 0) is 9.84 Å². The van der Waals surface area contributed by atoms with Gasteiger partial charge in [0, 0.05) is 11.8 Å². The van der Waals surface area contributed by atoms with Gasteiger partial charge in [0.1, 0.15) is 0 Å². The average molecular weight is 315 g/mol. The Morgan fingerprint density at radius 3 is 2.64 bits per heavy atom. The summed E-state index contributed by atoms with van der Waals surface area (Å²) < 4.78 is 24.9. The number of hydrogen-bond donors (Lipinski definition) is 0. The minimum Gasteiger partial charge on any atom is -0.260 e. The third kappa shape index (κ3) is 3.22. The van der Waals surface area contributed by atoms with Crippen LogP contribution in [-0.4, -0.2) is 19.2 Å². The van der Waals surface area contributed by atoms with E-state index in [9.17, 15) is 8.42 Å². The van der Waals surface area contributed by atoms with E-state index in [1.165, 1.54) is 0 Å². The summed E-state index contributed by atoms with van der Waals surface area (Å²) in [6.07, 6.45) is 3.87. The predicted octanol–water partition coefficient (Wildman–Crippen LogP) is 4.06. The first-order valence-corrected chi connectivity index (χ1v) is 9.41. The van der Waals surface area contributed by atoms with Gasteiger partial charge in [-0.05, 0) is 48.4 Å². The lowest BCUT2D eigenvalue weighted by Crippen LogP contribution is -2.08. The molecule has 3 nitrogen and oxygen atoms in total. The van der Waals surface area contributed by atoms with Crippen LogP contribution in [0.3, 0.4) is 0 Å². The Morgan fingerprint density at radius 1 is 1.18 bits per heavy atom. The minimum atomic E-state index is -3.18. The minimum absolute atomic E-state index is 0.278. The Morgan fingerprint density at radius 2 is 1.95 bits per heavy atom. The van der Waals surface area contributed by atoms with Crippen molar-refractivity contribution in [1.82, 2.24) is 4.98 Å². The number of aromatic nitrogens is 1. The predicted molar refractivity (Wildman–Crippen MR) is 88.5 cm³/mol. The number of pyridine rings is 1. The highest BCUT2D eigenvalue weighted by Gasteiger charge is 2.29. The molecule has 1 fully saturated rings. The molecule has 0 aliphatic heterocycles. The molecule has 1 saturated carbocycles. The molecule has 1 aliphatic rings. The zero-order chi connectivity index (χ0) is 15.7. The maximum Gasteiger partial charge on any atom is 0.178 e. The molecule has 116 valence electrons. The summed E-state index contributed by atoms with van der Waals surface area (Å²) in [5.74, 6) is 0.932. The zero-order valence-electron chi connectivity index (χ0n) is 13.0. The standard InChI is InChI=1S/C18H21NO2S/c1-13(2)18-17(7-4-10-19-18)15-5-3-6-16(11-15)22(20,21)12-14-8-9-14/h3-7,10-11,13-14H,8-9,12H2,1-2H3. The number of rotatable bonds is 5. The third-order valence-electron chi connectivity index (χ3n) is 4.04. The lowest BCUT2D eigenvalue weighted by Gasteiger charge is -2.12. The molecule has 0 spiro atoms. The number of benzene rings is 1. The van der Waals surface area contributed by atoms with Crippen LogP contribution in [0, 0.1) is 5.92 Å². The molecule has 1 aromatic carbocycles. The summed E-state index contributed by atoms with van der Waals surface area (Å²) in [5, 5.41) is 0. The first kappa shape index (κ1) is 15.2. The van der Waals surface area contributed by atoms with Crippen LogP contribution in [0.4, 0.5) is 0 Å². The van der Waals surface area contributed by atoms with Gasteiger partial charge in [-0.1, -0.05) is 32.0 Å². The van der Waals surface area contributed by atoms with E-state index in [0.29, 0.717) is 16.7 Å². The Hall–Kier alpha value is -1.68. The van der Waals surface area contributed by atoms with E-state index < -0.39 is 9.84 Å². The molecule has 0 radical (unpaired) electrons. The molecule has 1 heterocycles. The Bertz CT molecular complexity index is 777. The number of nitrogens with zero attached hydrogens (tertiary/aromatic N) is 1. The van der Waals surface area contributed by atoms with Crippen LogP contribution >= 0.6 is 0 Å². The number of sulfone groups is 1. The van der Waals surface area contributed by atoms with Crippen LogP contribution in [0.5, 0.6) is 0 Å². The Labute approximate surface area is 132 Å². The van der Waals surface area contributed by atoms with Crippen LogP contribution in [0.1, 0.15) is 38.3 Å². The molecule has 2 aromatic rings. The van der Waals surface area contributed by atoms with Gasteiger partial charge in [-0.2, -0.15) is 0 Å². The molecule has 0 bridgehead atoms. The topological polar surface area (TPSA) is 47.0 Å². The molecular weight excluding hydrogens is 294 g/mol. The van der Waals surface area contributed by atoms with E-state index in [0.717, 1.165) is 29.7 Å². The molecule has 0 unspecified atom stereocenters. The van der Waals surface area contributed by atoms with Crippen molar-refractivity contribution in [3.05, 3.63) is 48.3 Å². The third-order valence-corrected chi connectivity index (χ3v) is 5.92. The number of hydrogen-bond acceptors (Lipinski definition) is 3. The molecule has 3 rings (SSSR count). The van der Waals surface area contributed by atoms with Crippen LogP contribution in [0.2, 0.25) is 0 Å². The first-order valence-electron chi connectivity index (χ1n) is 7.75. The van der Waals surface area contributed by atoms with Gasteiger partial charge in [0.15, 0.2) is 9.84 Å². The average Bonchev–Trinajstić information content (AvgIpc) is 3.30. The van der Waals surface area contributed by atoms with Crippen molar-refractivity contribution in [2.75, 3.05) is 5.75 Å². The van der Waals surface area contributed by atoms with Crippen LogP contribution < -0.4 is 0 Å². The van der Waals surface area contributed by atoms with Crippen LogP contribution in [0.15, 0.2) is 47.5 Å². The Kier molecular flexibility index (Phi) is 4.04. The highest BCUT2D eigenvalue weighted by Crippen LogP contribution is 2.34. The normalized spacial score (nSPS) is 15.2. The van der Waals surface area contributed by atoms with Crippen molar-refractivity contribution in [2.24, 2.45) is 5.92 Å². The van der Waals surface area contributed by atoms with Gasteiger partial charge in [-0.3, -0.25) is 4.98 Å². The van der Waals surface area contributed by atoms with E-state index in [2.05, 4.69) is 18.8 Å². The van der Waals surface area contributed by atoms with Gasteiger partial charge >= 0.3 is 0 Å². The molecule has 1 aromatic heterocycles. The molecule has 0 N–H and O–H groups in total. The fourth-order valence-electron chi connectivity index (χ4n) is 2.67.